The van der Waals surface area contributed by atoms with Gasteiger partial charge >= 0.3 is 0 Å². The smallest absolute Gasteiger partial charge is 0.000263 e. The van der Waals surface area contributed by atoms with E-state index in [-0.39, 0.29) is 0 Å². The Labute approximate surface area is 114 Å². The maximum atomic E-state index is 5.83. The van der Waals surface area contributed by atoms with Crippen molar-refractivity contribution in [1.82, 2.24) is 5.32 Å². The minimum atomic E-state index is 0.450. The van der Waals surface area contributed by atoms with E-state index < -0.39 is 0 Å². The monoisotopic (exact) mass is 254 g/mol. The summed E-state index contributed by atoms with van der Waals surface area (Å²) in [6.45, 7) is 10.3. The molecular formula is C16H34N2. The maximum absolute atomic E-state index is 5.83. The molecule has 2 atom stereocenters. The van der Waals surface area contributed by atoms with E-state index in [1.54, 1.807) is 0 Å². The number of nitrogens with one attached hydrogen (secondary N) is 1. The molecule has 1 aliphatic rings. The van der Waals surface area contributed by atoms with Gasteiger partial charge in [0.25, 0.3) is 0 Å². The van der Waals surface area contributed by atoms with Crippen molar-refractivity contribution in [2.24, 2.45) is 23.0 Å². The van der Waals surface area contributed by atoms with Gasteiger partial charge in [-0.2, -0.15) is 0 Å². The fourth-order valence-electron chi connectivity index (χ4n) is 3.23. The van der Waals surface area contributed by atoms with Crippen LogP contribution >= 0.6 is 0 Å². The largest absolute Gasteiger partial charge is 0.330 e. The Morgan fingerprint density at radius 1 is 1.17 bits per heavy atom. The van der Waals surface area contributed by atoms with E-state index in [0.29, 0.717) is 5.41 Å². The van der Waals surface area contributed by atoms with E-state index >= 15 is 0 Å². The van der Waals surface area contributed by atoms with E-state index in [4.69, 9.17) is 5.73 Å². The lowest BCUT2D eigenvalue weighted by Crippen LogP contribution is -2.35. The molecule has 0 bridgehead atoms. The fourth-order valence-corrected chi connectivity index (χ4v) is 3.23. The molecule has 18 heavy (non-hydrogen) atoms. The van der Waals surface area contributed by atoms with Gasteiger partial charge in [0, 0.05) is 6.54 Å². The Kier molecular flexibility index (Phi) is 7.25. The van der Waals surface area contributed by atoms with Crippen molar-refractivity contribution < 1.29 is 0 Å². The molecule has 1 saturated carbocycles. The van der Waals surface area contributed by atoms with E-state index in [1.165, 1.54) is 51.5 Å². The molecule has 2 nitrogen and oxygen atoms in total. The first-order valence-corrected chi connectivity index (χ1v) is 8.00. The van der Waals surface area contributed by atoms with Gasteiger partial charge in [-0.05, 0) is 49.6 Å². The van der Waals surface area contributed by atoms with Gasteiger partial charge in [0.1, 0.15) is 0 Å². The number of hydrogen-bond acceptors (Lipinski definition) is 2. The molecule has 0 aromatic rings. The van der Waals surface area contributed by atoms with Crippen molar-refractivity contribution in [1.29, 1.82) is 0 Å². The lowest BCUT2D eigenvalue weighted by molar-refractivity contribution is 0.282. The van der Waals surface area contributed by atoms with Crippen LogP contribution in [0.15, 0.2) is 0 Å². The van der Waals surface area contributed by atoms with Crippen molar-refractivity contribution >= 4 is 0 Å². The number of hydrogen-bond donors (Lipinski definition) is 2. The number of unbranched alkanes of at least 4 members (excludes halogenated alkanes) is 2. The second-order valence-electron chi connectivity index (χ2n) is 6.94. The first-order chi connectivity index (χ1) is 8.59. The van der Waals surface area contributed by atoms with Gasteiger partial charge in [-0.25, -0.2) is 0 Å². The molecule has 1 fully saturated rings. The molecule has 2 unspecified atom stereocenters. The number of rotatable bonds is 9. The predicted molar refractivity (Wildman–Crippen MR) is 80.7 cm³/mol. The van der Waals surface area contributed by atoms with Crippen molar-refractivity contribution in [3.05, 3.63) is 0 Å². The molecule has 0 aromatic heterocycles. The van der Waals surface area contributed by atoms with Gasteiger partial charge in [0.2, 0.25) is 0 Å². The summed E-state index contributed by atoms with van der Waals surface area (Å²) in [6.07, 6.45) is 9.53. The Morgan fingerprint density at radius 2 is 1.89 bits per heavy atom. The zero-order chi connectivity index (χ0) is 13.4. The zero-order valence-corrected chi connectivity index (χ0v) is 12.8. The van der Waals surface area contributed by atoms with Gasteiger partial charge in [-0.3, -0.25) is 0 Å². The van der Waals surface area contributed by atoms with E-state index in [1.807, 2.05) is 0 Å². The van der Waals surface area contributed by atoms with Gasteiger partial charge in [-0.15, -0.1) is 0 Å². The average molecular weight is 254 g/mol. The van der Waals surface area contributed by atoms with Gasteiger partial charge in [-0.1, -0.05) is 46.5 Å². The maximum Gasteiger partial charge on any atom is 0.000263 e. The van der Waals surface area contributed by atoms with Gasteiger partial charge < -0.3 is 11.1 Å². The zero-order valence-electron chi connectivity index (χ0n) is 12.8. The Balaban J connectivity index is 2.15. The summed E-state index contributed by atoms with van der Waals surface area (Å²) >= 11 is 0. The summed E-state index contributed by atoms with van der Waals surface area (Å²) in [6, 6.07) is 0. The molecule has 0 amide bonds. The second kappa shape index (κ2) is 8.16. The van der Waals surface area contributed by atoms with Crippen molar-refractivity contribution in [2.75, 3.05) is 19.6 Å². The summed E-state index contributed by atoms with van der Waals surface area (Å²) in [5.41, 5.74) is 6.29. The minimum absolute atomic E-state index is 0.450. The van der Waals surface area contributed by atoms with Crippen LogP contribution in [-0.2, 0) is 0 Å². The fraction of sp³-hybridized carbons (Fsp3) is 1.00. The summed E-state index contributed by atoms with van der Waals surface area (Å²) in [5, 5.41) is 3.70. The first kappa shape index (κ1) is 16.0. The highest BCUT2D eigenvalue weighted by Gasteiger charge is 2.26. The van der Waals surface area contributed by atoms with Crippen molar-refractivity contribution in [2.45, 2.75) is 65.7 Å². The van der Waals surface area contributed by atoms with Crippen LogP contribution in [0.4, 0.5) is 0 Å². The molecule has 3 N–H and O–H groups in total. The number of nitrogens with two attached hydrogens (primary N) is 1. The molecule has 2 heteroatoms. The topological polar surface area (TPSA) is 38.0 Å². The highest BCUT2D eigenvalue weighted by molar-refractivity contribution is 4.81. The predicted octanol–water partition coefficient (Wildman–Crippen LogP) is 3.56. The molecule has 108 valence electrons. The van der Waals surface area contributed by atoms with Gasteiger partial charge in [0.15, 0.2) is 0 Å². The summed E-state index contributed by atoms with van der Waals surface area (Å²) in [4.78, 5) is 0. The Hall–Kier alpha value is -0.0800. The molecule has 0 saturated heterocycles. The van der Waals surface area contributed by atoms with Crippen LogP contribution in [0.25, 0.3) is 0 Å². The van der Waals surface area contributed by atoms with Crippen LogP contribution in [0.1, 0.15) is 65.7 Å². The molecule has 0 heterocycles. The van der Waals surface area contributed by atoms with Crippen LogP contribution < -0.4 is 11.1 Å². The third-order valence-electron chi connectivity index (χ3n) is 4.59. The van der Waals surface area contributed by atoms with E-state index in [0.717, 1.165) is 24.9 Å². The van der Waals surface area contributed by atoms with Crippen LogP contribution in [0.5, 0.6) is 0 Å². The quantitative estimate of drug-likeness (QED) is 0.617. The van der Waals surface area contributed by atoms with Gasteiger partial charge in [0.05, 0.1) is 0 Å². The highest BCUT2D eigenvalue weighted by atomic mass is 14.9. The molecule has 0 aliphatic heterocycles. The third kappa shape index (κ3) is 5.71. The van der Waals surface area contributed by atoms with E-state index in [2.05, 4.69) is 26.1 Å². The normalized spacial score (nSPS) is 24.7. The average Bonchev–Trinajstić information content (AvgIpc) is 2.76. The first-order valence-electron chi connectivity index (χ1n) is 8.00. The Morgan fingerprint density at radius 3 is 2.56 bits per heavy atom. The van der Waals surface area contributed by atoms with Crippen LogP contribution in [0.2, 0.25) is 0 Å². The molecule has 0 aromatic carbocycles. The summed E-state index contributed by atoms with van der Waals surface area (Å²) < 4.78 is 0. The third-order valence-corrected chi connectivity index (χ3v) is 4.59. The lowest BCUT2D eigenvalue weighted by Gasteiger charge is -2.27. The van der Waals surface area contributed by atoms with Crippen LogP contribution in [0, 0.1) is 17.3 Å². The Bertz CT molecular complexity index is 213. The van der Waals surface area contributed by atoms with Crippen molar-refractivity contribution in [3.8, 4) is 0 Å². The SMILES string of the molecule is CCCCCC(C)(C)CNCC1CCCC1CN. The molecule has 1 rings (SSSR count). The van der Waals surface area contributed by atoms with Crippen LogP contribution in [-0.4, -0.2) is 19.6 Å². The summed E-state index contributed by atoms with van der Waals surface area (Å²) in [5.74, 6) is 1.61. The molecule has 0 radical (unpaired) electrons. The van der Waals surface area contributed by atoms with Crippen molar-refractivity contribution in [3.63, 3.8) is 0 Å². The molecule has 1 aliphatic carbocycles. The summed E-state index contributed by atoms with van der Waals surface area (Å²) in [7, 11) is 0. The van der Waals surface area contributed by atoms with E-state index in [9.17, 15) is 0 Å². The standard InChI is InChI=1S/C16H34N2/c1-4-5-6-10-16(2,3)13-18-12-15-9-7-8-14(15)11-17/h14-15,18H,4-13,17H2,1-3H3. The molecular weight excluding hydrogens is 220 g/mol. The second-order valence-corrected chi connectivity index (χ2v) is 6.94. The lowest BCUT2D eigenvalue weighted by atomic mass is 9.86. The molecule has 0 spiro atoms. The van der Waals surface area contributed by atoms with Crippen LogP contribution in [0.3, 0.4) is 0 Å². The minimum Gasteiger partial charge on any atom is -0.330 e. The highest BCUT2D eigenvalue weighted by Crippen LogP contribution is 2.30.